The molecule has 0 saturated heterocycles. The molecule has 4 N–H and O–H groups in total. The summed E-state index contributed by atoms with van der Waals surface area (Å²) in [5, 5.41) is 20.7. The molecule has 0 aliphatic rings. The van der Waals surface area contributed by atoms with Gasteiger partial charge in [-0.3, -0.25) is 32.5 Å². The van der Waals surface area contributed by atoms with Crippen molar-refractivity contribution in [2.24, 2.45) is 0 Å². The maximum Gasteiger partial charge on any atom is 0.472 e. The van der Waals surface area contributed by atoms with Crippen molar-refractivity contribution in [2.45, 2.75) is 360 Å². The van der Waals surface area contributed by atoms with Crippen LogP contribution in [0.15, 0.2) is 194 Å². The Morgan fingerprint density at radius 1 is 0.243 bits per heavy atom. The molecule has 5 atom stereocenters. The first-order valence-electron chi connectivity index (χ1n) is 44.7. The minimum atomic E-state index is -4.95. The van der Waals surface area contributed by atoms with Crippen LogP contribution in [0.3, 0.4) is 0 Å². The first-order chi connectivity index (χ1) is 56.2. The second kappa shape index (κ2) is 87.7. The van der Waals surface area contributed by atoms with Crippen LogP contribution < -0.4 is 0 Å². The number of carbonyl (C=O) groups is 3. The fourth-order valence-electron chi connectivity index (χ4n) is 11.6. The van der Waals surface area contributed by atoms with Crippen LogP contribution in [0.25, 0.3) is 0 Å². The predicted octanol–water partition coefficient (Wildman–Crippen LogP) is 27.4. The predicted molar refractivity (Wildman–Crippen MR) is 481 cm³/mol. The van der Waals surface area contributed by atoms with Gasteiger partial charge in [0.1, 0.15) is 25.4 Å². The van der Waals surface area contributed by atoms with Crippen LogP contribution in [0.2, 0.25) is 0 Å². The fraction of sp³-hybridized carbons (Fsp3) is 0.639. The van der Waals surface area contributed by atoms with Crippen molar-refractivity contribution in [3.63, 3.8) is 0 Å². The van der Waals surface area contributed by atoms with E-state index in [1.807, 2.05) is 0 Å². The number of esters is 3. The molecule has 0 aliphatic carbocycles. The zero-order valence-electron chi connectivity index (χ0n) is 71.9. The lowest BCUT2D eigenvalue weighted by Gasteiger charge is -2.21. The highest BCUT2D eigenvalue weighted by Crippen LogP contribution is 2.45. The molecule has 0 aromatic heterocycles. The lowest BCUT2D eigenvalue weighted by molar-refractivity contribution is -0.161. The Morgan fingerprint density at radius 2 is 0.435 bits per heavy atom. The summed E-state index contributed by atoms with van der Waals surface area (Å²) in [4.78, 5) is 58.9. The SMILES string of the molecule is CC/C=C\C/C=C\C/C=C\C/C=C\C/C=C\C/C=C\CCCCCCCCCCCCCCCCC(=O)OCC(O)COP(=O)(O)OCC(O)COP(=O)(O)OCC(COC(=O)CCCCCCCCCCCCC/C=C\C/C=C\C/C=C\C/C=C\C/C=C\CC)OC(=O)CCCCC/C=C\C/C=C\C/C=C\C/C=C\C/C=C\CC. The van der Waals surface area contributed by atoms with E-state index >= 15 is 0 Å². The Labute approximate surface area is 699 Å². The van der Waals surface area contributed by atoms with E-state index in [4.69, 9.17) is 32.3 Å². The third-order valence-corrected chi connectivity index (χ3v) is 20.2. The average molecular weight is 1640 g/mol. The third kappa shape index (κ3) is 89.0. The average Bonchev–Trinajstić information content (AvgIpc) is 0.902. The largest absolute Gasteiger partial charge is 0.472 e. The number of allylic oxidation sites excluding steroid dienone is 32. The molecule has 0 spiro atoms. The summed E-state index contributed by atoms with van der Waals surface area (Å²) in [5.74, 6) is -1.62. The number of unbranched alkanes of at least 4 members (excludes halogenated alkanes) is 28. The Hall–Kier alpha value is -5.61. The topological polar surface area (TPSA) is 231 Å². The third-order valence-electron chi connectivity index (χ3n) is 18.3. The number of aliphatic hydroxyl groups is 2. The zero-order valence-corrected chi connectivity index (χ0v) is 73.7. The Kier molecular flexibility index (Phi) is 83.4. The van der Waals surface area contributed by atoms with Crippen molar-refractivity contribution in [1.29, 1.82) is 0 Å². The van der Waals surface area contributed by atoms with Gasteiger partial charge in [-0.05, 0) is 161 Å². The van der Waals surface area contributed by atoms with E-state index in [9.17, 15) is 43.5 Å². The number of hydrogen-bond donors (Lipinski definition) is 4. The van der Waals surface area contributed by atoms with Gasteiger partial charge >= 0.3 is 33.6 Å². The molecule has 0 bridgehead atoms. The van der Waals surface area contributed by atoms with Crippen LogP contribution in [-0.2, 0) is 55.8 Å². The van der Waals surface area contributed by atoms with Crippen molar-refractivity contribution in [3.05, 3.63) is 194 Å². The van der Waals surface area contributed by atoms with E-state index in [0.717, 1.165) is 180 Å². The van der Waals surface area contributed by atoms with Gasteiger partial charge in [-0.25, -0.2) is 9.13 Å². The van der Waals surface area contributed by atoms with Gasteiger partial charge < -0.3 is 34.2 Å². The van der Waals surface area contributed by atoms with Crippen LogP contribution >= 0.6 is 15.6 Å². The normalized spacial score (nSPS) is 14.7. The fourth-order valence-corrected chi connectivity index (χ4v) is 13.2. The van der Waals surface area contributed by atoms with Gasteiger partial charge in [0.05, 0.1) is 26.4 Å². The summed E-state index contributed by atoms with van der Waals surface area (Å²) >= 11 is 0. The number of carbonyl (C=O) groups excluding carboxylic acids is 3. The molecular weight excluding hydrogens is 1480 g/mol. The van der Waals surface area contributed by atoms with Gasteiger partial charge in [0.2, 0.25) is 0 Å². The smallest absolute Gasteiger partial charge is 0.463 e. The summed E-state index contributed by atoms with van der Waals surface area (Å²) in [6, 6.07) is 0. The van der Waals surface area contributed by atoms with Crippen molar-refractivity contribution in [3.8, 4) is 0 Å². The molecule has 18 heteroatoms. The highest BCUT2D eigenvalue weighted by Gasteiger charge is 2.29. The molecule has 0 heterocycles. The van der Waals surface area contributed by atoms with Gasteiger partial charge in [-0.2, -0.15) is 0 Å². The lowest BCUT2D eigenvalue weighted by atomic mass is 10.0. The van der Waals surface area contributed by atoms with Crippen LogP contribution in [0, 0.1) is 0 Å². The van der Waals surface area contributed by atoms with Gasteiger partial charge in [-0.1, -0.05) is 356 Å². The van der Waals surface area contributed by atoms with Gasteiger partial charge in [-0.15, -0.1) is 0 Å². The molecular formula is C97H160O16P2. The quantitative estimate of drug-likeness (QED) is 0.0146. The van der Waals surface area contributed by atoms with E-state index in [1.54, 1.807) is 0 Å². The second-order valence-electron chi connectivity index (χ2n) is 29.3. The molecule has 0 fully saturated rings. The molecule has 0 rings (SSSR count). The second-order valence-corrected chi connectivity index (χ2v) is 32.2. The standard InChI is InChI=1S/C97H160O16P2/c1-4-7-10-13-16-19-22-25-28-31-34-36-38-40-42-43-44-45-46-47-49-51-52-54-57-59-62-65-68-71-74-77-80-83-95(100)107-86-92(98)87-109-114(103,104)110-88-93(99)89-111-115(105,106)112-91-94(113-97(102)85-82-79-76-73-70-67-64-61-56-33-30-27-24-21-18-15-12-9-6-3)90-108-96(101)84-81-78-75-72-69-66-63-60-58-55-53-50-48-41-39-37-35-32-29-26-23-20-17-14-11-8-5-2/h7-12,16-21,25-30,34-37,40-42,44-45,48,56,61,67,70,92-94,98-99H,4-6,13-15,22-24,31-33,38-39,43,46-47,49-55,57-60,62-66,68-69,71-91H2,1-3H3,(H,103,104)(H,105,106)/b10-7-,11-8-,12-9-,19-16-,20-17-,21-18-,28-25-,29-26-,30-27-,36-34-,37-35-,42-40-,45-44-,48-41-,61-56-,70-67-. The van der Waals surface area contributed by atoms with Crippen LogP contribution in [0.1, 0.15) is 342 Å². The van der Waals surface area contributed by atoms with E-state index in [0.29, 0.717) is 19.3 Å². The van der Waals surface area contributed by atoms with Crippen molar-refractivity contribution in [2.75, 3.05) is 39.6 Å². The Balaban J connectivity index is 4.58. The molecule has 0 aromatic rings. The summed E-state index contributed by atoms with van der Waals surface area (Å²) in [7, 11) is -9.83. The van der Waals surface area contributed by atoms with Crippen LogP contribution in [0.5, 0.6) is 0 Å². The molecule has 0 saturated carbocycles. The number of rotatable bonds is 83. The molecule has 0 amide bonds. The molecule has 115 heavy (non-hydrogen) atoms. The minimum Gasteiger partial charge on any atom is -0.463 e. The first kappa shape index (κ1) is 109. The molecule has 0 radical (unpaired) electrons. The minimum absolute atomic E-state index is 0.0590. The number of phosphoric acid groups is 2. The van der Waals surface area contributed by atoms with Gasteiger partial charge in [0, 0.05) is 19.3 Å². The summed E-state index contributed by atoms with van der Waals surface area (Å²) in [5.41, 5.74) is 0. The maximum absolute atomic E-state index is 13.0. The highest BCUT2D eigenvalue weighted by molar-refractivity contribution is 7.47. The van der Waals surface area contributed by atoms with Crippen LogP contribution in [-0.4, -0.2) is 95.9 Å². The van der Waals surface area contributed by atoms with Crippen molar-refractivity contribution < 1.29 is 75.8 Å². The summed E-state index contributed by atoms with van der Waals surface area (Å²) in [6.07, 6.45) is 116. The number of phosphoric ester groups is 2. The first-order valence-corrected chi connectivity index (χ1v) is 47.7. The lowest BCUT2D eigenvalue weighted by Crippen LogP contribution is -2.30. The molecule has 16 nitrogen and oxygen atoms in total. The number of aliphatic hydroxyl groups excluding tert-OH is 2. The Morgan fingerprint density at radius 3 is 0.696 bits per heavy atom. The van der Waals surface area contributed by atoms with E-state index in [-0.39, 0.29) is 19.3 Å². The summed E-state index contributed by atoms with van der Waals surface area (Å²) in [6.45, 7) is 2.31. The molecule has 0 aliphatic heterocycles. The van der Waals surface area contributed by atoms with Crippen molar-refractivity contribution >= 4 is 33.6 Å². The van der Waals surface area contributed by atoms with E-state index < -0.39 is 91.5 Å². The van der Waals surface area contributed by atoms with Gasteiger partial charge in [0.25, 0.3) is 0 Å². The number of hydrogen-bond acceptors (Lipinski definition) is 14. The number of ether oxygens (including phenoxy) is 3. The molecule has 0 aromatic carbocycles. The van der Waals surface area contributed by atoms with E-state index in [1.165, 1.54) is 103 Å². The Bertz CT molecular complexity index is 2870. The maximum atomic E-state index is 13.0. The van der Waals surface area contributed by atoms with Gasteiger partial charge in [0.15, 0.2) is 6.10 Å². The molecule has 5 unspecified atom stereocenters. The van der Waals surface area contributed by atoms with Crippen molar-refractivity contribution in [1.82, 2.24) is 0 Å². The van der Waals surface area contributed by atoms with Crippen LogP contribution in [0.4, 0.5) is 0 Å². The monoisotopic (exact) mass is 1640 g/mol. The zero-order chi connectivity index (χ0) is 83.6. The highest BCUT2D eigenvalue weighted by atomic mass is 31.2. The van der Waals surface area contributed by atoms with E-state index in [2.05, 4.69) is 215 Å². The molecule has 654 valence electrons. The summed E-state index contributed by atoms with van der Waals surface area (Å²) < 4.78 is 61.4.